The van der Waals surface area contributed by atoms with Crippen LogP contribution in [-0.2, 0) is 9.84 Å². The van der Waals surface area contributed by atoms with Gasteiger partial charge in [-0.25, -0.2) is 8.42 Å². The van der Waals surface area contributed by atoms with Gasteiger partial charge >= 0.3 is 0 Å². The molecule has 0 saturated carbocycles. The molecule has 0 fully saturated rings. The highest BCUT2D eigenvalue weighted by atomic mass is 79.9. The van der Waals surface area contributed by atoms with E-state index in [2.05, 4.69) is 21.2 Å². The lowest BCUT2D eigenvalue weighted by Crippen LogP contribution is -2.28. The third-order valence-electron chi connectivity index (χ3n) is 2.93. The molecule has 18 heavy (non-hydrogen) atoms. The molecule has 0 spiro atoms. The summed E-state index contributed by atoms with van der Waals surface area (Å²) >= 11 is 3.39. The molecule has 102 valence electrons. The van der Waals surface area contributed by atoms with Crippen molar-refractivity contribution < 1.29 is 8.42 Å². The Balaban J connectivity index is 2.47. The summed E-state index contributed by atoms with van der Waals surface area (Å²) in [6.07, 6.45) is 0. The average molecular weight is 334 g/mol. The van der Waals surface area contributed by atoms with Crippen LogP contribution in [0.1, 0.15) is 32.4 Å². The van der Waals surface area contributed by atoms with E-state index in [9.17, 15) is 8.42 Å². The number of hydrogen-bond donors (Lipinski definition) is 1. The van der Waals surface area contributed by atoms with Crippen molar-refractivity contribution in [1.82, 2.24) is 5.32 Å². The monoisotopic (exact) mass is 333 g/mol. The zero-order chi connectivity index (χ0) is 13.8. The molecule has 1 atom stereocenters. The van der Waals surface area contributed by atoms with Gasteiger partial charge in [0.2, 0.25) is 0 Å². The molecule has 0 aliphatic heterocycles. The van der Waals surface area contributed by atoms with Crippen molar-refractivity contribution in [3.05, 3.63) is 34.3 Å². The first-order chi connectivity index (χ1) is 8.33. The molecule has 1 aromatic rings. The van der Waals surface area contributed by atoms with E-state index in [1.165, 1.54) is 0 Å². The molecule has 0 saturated heterocycles. The molecule has 3 nitrogen and oxygen atoms in total. The van der Waals surface area contributed by atoms with Crippen LogP contribution >= 0.6 is 15.9 Å². The maximum atomic E-state index is 11.6. The Morgan fingerprint density at radius 2 is 1.72 bits per heavy atom. The van der Waals surface area contributed by atoms with Crippen molar-refractivity contribution in [3.8, 4) is 0 Å². The van der Waals surface area contributed by atoms with Crippen LogP contribution in [0, 0.1) is 0 Å². The van der Waals surface area contributed by atoms with Crippen LogP contribution in [0.3, 0.4) is 0 Å². The van der Waals surface area contributed by atoms with Crippen molar-refractivity contribution in [2.75, 3.05) is 12.3 Å². The van der Waals surface area contributed by atoms with E-state index in [-0.39, 0.29) is 17.0 Å². The maximum Gasteiger partial charge on any atom is 0.153 e. The SMILES string of the molecule is CC(NCCS(=O)(=O)C(C)C)c1ccc(Br)cc1. The first kappa shape index (κ1) is 15.7. The molecule has 1 aromatic carbocycles. The van der Waals surface area contributed by atoms with Gasteiger partial charge in [-0.15, -0.1) is 0 Å². The van der Waals surface area contributed by atoms with Crippen molar-refractivity contribution in [2.24, 2.45) is 0 Å². The summed E-state index contributed by atoms with van der Waals surface area (Å²) in [5.41, 5.74) is 1.15. The standard InChI is InChI=1S/C13H20BrNO2S/c1-10(2)18(16,17)9-8-15-11(3)12-4-6-13(14)7-5-12/h4-7,10-11,15H,8-9H2,1-3H3. The van der Waals surface area contributed by atoms with Crippen molar-refractivity contribution >= 4 is 25.8 Å². The first-order valence-electron chi connectivity index (χ1n) is 6.03. The molecule has 1 N–H and O–H groups in total. The Bertz CT molecular complexity index is 468. The molecule has 1 unspecified atom stereocenters. The summed E-state index contributed by atoms with van der Waals surface area (Å²) in [6, 6.07) is 8.18. The van der Waals surface area contributed by atoms with Gasteiger partial charge in [0.1, 0.15) is 0 Å². The fourth-order valence-corrected chi connectivity index (χ4v) is 2.66. The molecule has 0 radical (unpaired) electrons. The second-order valence-corrected chi connectivity index (χ2v) is 8.24. The van der Waals surface area contributed by atoms with Gasteiger partial charge < -0.3 is 5.32 Å². The van der Waals surface area contributed by atoms with E-state index < -0.39 is 9.84 Å². The topological polar surface area (TPSA) is 46.2 Å². The van der Waals surface area contributed by atoms with Crippen LogP contribution in [-0.4, -0.2) is 26.0 Å². The minimum absolute atomic E-state index is 0.153. The van der Waals surface area contributed by atoms with Gasteiger partial charge in [-0.05, 0) is 38.5 Å². The molecule has 5 heteroatoms. The fourth-order valence-electron chi connectivity index (χ4n) is 1.52. The van der Waals surface area contributed by atoms with Gasteiger partial charge in [-0.3, -0.25) is 0 Å². The van der Waals surface area contributed by atoms with Crippen LogP contribution in [0.15, 0.2) is 28.7 Å². The van der Waals surface area contributed by atoms with E-state index in [1.54, 1.807) is 13.8 Å². The second kappa shape index (κ2) is 6.68. The zero-order valence-electron chi connectivity index (χ0n) is 11.0. The van der Waals surface area contributed by atoms with Gasteiger partial charge in [-0.1, -0.05) is 28.1 Å². The van der Waals surface area contributed by atoms with E-state index in [4.69, 9.17) is 0 Å². The minimum Gasteiger partial charge on any atom is -0.309 e. The molecular weight excluding hydrogens is 314 g/mol. The third kappa shape index (κ3) is 4.71. The Morgan fingerprint density at radius 3 is 2.22 bits per heavy atom. The van der Waals surface area contributed by atoms with E-state index in [0.29, 0.717) is 6.54 Å². The van der Waals surface area contributed by atoms with Crippen LogP contribution in [0.4, 0.5) is 0 Å². The van der Waals surface area contributed by atoms with Gasteiger partial charge in [0.15, 0.2) is 9.84 Å². The van der Waals surface area contributed by atoms with Gasteiger partial charge in [-0.2, -0.15) is 0 Å². The number of hydrogen-bond acceptors (Lipinski definition) is 3. The Morgan fingerprint density at radius 1 is 1.17 bits per heavy atom. The van der Waals surface area contributed by atoms with Crippen molar-refractivity contribution in [1.29, 1.82) is 0 Å². The van der Waals surface area contributed by atoms with Crippen molar-refractivity contribution in [3.63, 3.8) is 0 Å². The Hall–Kier alpha value is -0.390. The normalized spacial score (nSPS) is 13.8. The van der Waals surface area contributed by atoms with Crippen LogP contribution in [0.25, 0.3) is 0 Å². The lowest BCUT2D eigenvalue weighted by atomic mass is 10.1. The molecule has 0 aliphatic rings. The minimum atomic E-state index is -2.95. The molecule has 0 bridgehead atoms. The highest BCUT2D eigenvalue weighted by Gasteiger charge is 2.15. The zero-order valence-corrected chi connectivity index (χ0v) is 13.4. The molecule has 0 amide bonds. The lowest BCUT2D eigenvalue weighted by Gasteiger charge is -2.15. The summed E-state index contributed by atoms with van der Waals surface area (Å²) in [6.45, 7) is 5.95. The number of nitrogens with one attached hydrogen (secondary N) is 1. The summed E-state index contributed by atoms with van der Waals surface area (Å²) < 4.78 is 24.3. The second-order valence-electron chi connectivity index (χ2n) is 4.64. The predicted molar refractivity (Wildman–Crippen MR) is 79.5 cm³/mol. The quantitative estimate of drug-likeness (QED) is 0.870. The van der Waals surface area contributed by atoms with E-state index in [1.807, 2.05) is 31.2 Å². The number of benzene rings is 1. The fraction of sp³-hybridized carbons (Fsp3) is 0.538. The van der Waals surface area contributed by atoms with Gasteiger partial charge in [0.05, 0.1) is 11.0 Å². The summed E-state index contributed by atoms with van der Waals surface area (Å²) in [4.78, 5) is 0. The van der Waals surface area contributed by atoms with E-state index >= 15 is 0 Å². The molecule has 0 aliphatic carbocycles. The lowest BCUT2D eigenvalue weighted by molar-refractivity contribution is 0.566. The van der Waals surface area contributed by atoms with Crippen LogP contribution in [0.5, 0.6) is 0 Å². The number of halogens is 1. The highest BCUT2D eigenvalue weighted by molar-refractivity contribution is 9.10. The summed E-state index contributed by atoms with van der Waals surface area (Å²) in [7, 11) is -2.95. The molecular formula is C13H20BrNO2S. The first-order valence-corrected chi connectivity index (χ1v) is 8.54. The largest absolute Gasteiger partial charge is 0.309 e. The summed E-state index contributed by atoms with van der Waals surface area (Å²) in [5, 5.41) is 2.93. The number of rotatable bonds is 6. The average Bonchev–Trinajstić information content (AvgIpc) is 2.29. The molecule has 0 heterocycles. The van der Waals surface area contributed by atoms with Crippen LogP contribution in [0.2, 0.25) is 0 Å². The third-order valence-corrected chi connectivity index (χ3v) is 5.66. The Kier molecular flexibility index (Phi) is 5.82. The maximum absolute atomic E-state index is 11.6. The van der Waals surface area contributed by atoms with E-state index in [0.717, 1.165) is 10.0 Å². The van der Waals surface area contributed by atoms with Gasteiger partial charge in [0.25, 0.3) is 0 Å². The van der Waals surface area contributed by atoms with Crippen molar-refractivity contribution in [2.45, 2.75) is 32.1 Å². The molecule has 0 aromatic heterocycles. The Labute approximate surface area is 118 Å². The summed E-state index contributed by atoms with van der Waals surface area (Å²) in [5.74, 6) is 0.186. The highest BCUT2D eigenvalue weighted by Crippen LogP contribution is 2.16. The van der Waals surface area contributed by atoms with Gasteiger partial charge in [0, 0.05) is 17.1 Å². The predicted octanol–water partition coefficient (Wildman–Crippen LogP) is 2.92. The smallest absolute Gasteiger partial charge is 0.153 e. The number of sulfone groups is 1. The molecule has 1 rings (SSSR count). The van der Waals surface area contributed by atoms with Crippen LogP contribution < -0.4 is 5.32 Å².